The molecular weight excluding hydrogens is 310 g/mol. The zero-order valence-electron chi connectivity index (χ0n) is 14.9. The number of pyridine rings is 1. The monoisotopic (exact) mass is 335 g/mol. The summed E-state index contributed by atoms with van der Waals surface area (Å²) in [6.07, 6.45) is 2.14. The number of aromatic nitrogens is 2. The molecule has 2 aromatic heterocycles. The Morgan fingerprint density at radius 1 is 1.04 bits per heavy atom. The van der Waals surface area contributed by atoms with Gasteiger partial charge in [-0.2, -0.15) is 0 Å². The molecule has 1 saturated heterocycles. The van der Waals surface area contributed by atoms with Crippen molar-refractivity contribution in [3.05, 3.63) is 53.9 Å². The summed E-state index contributed by atoms with van der Waals surface area (Å²) in [7, 11) is 2.19. The Labute approximate surface area is 148 Å². The van der Waals surface area contributed by atoms with Gasteiger partial charge in [0.05, 0.1) is 11.4 Å². The predicted molar refractivity (Wildman–Crippen MR) is 103 cm³/mol. The standard InChI is InChI=1S/C20H25N5/c1-15-7-8-25-18(14-24-11-9-23(2)10-12-24)20(22-19(25)13-15)16-3-5-17(21)6-4-16/h3-8,13H,9-12,14,21H2,1-2H3. The zero-order valence-corrected chi connectivity index (χ0v) is 14.9. The van der Waals surface area contributed by atoms with Crippen LogP contribution in [0.15, 0.2) is 42.6 Å². The minimum atomic E-state index is 0.781. The molecule has 0 unspecified atom stereocenters. The molecule has 0 amide bonds. The van der Waals surface area contributed by atoms with Crippen LogP contribution >= 0.6 is 0 Å². The number of likely N-dealkylation sites (N-methyl/N-ethyl adjacent to an activating group) is 1. The number of piperazine rings is 1. The van der Waals surface area contributed by atoms with Gasteiger partial charge < -0.3 is 15.0 Å². The van der Waals surface area contributed by atoms with Crippen molar-refractivity contribution >= 4 is 11.3 Å². The summed E-state index contributed by atoms with van der Waals surface area (Å²) in [5, 5.41) is 0. The zero-order chi connectivity index (χ0) is 17.4. The Kier molecular flexibility index (Phi) is 4.19. The quantitative estimate of drug-likeness (QED) is 0.748. The van der Waals surface area contributed by atoms with Gasteiger partial charge in [-0.15, -0.1) is 0 Å². The van der Waals surface area contributed by atoms with E-state index in [1.54, 1.807) is 0 Å². The van der Waals surface area contributed by atoms with Crippen molar-refractivity contribution in [1.29, 1.82) is 0 Å². The third kappa shape index (κ3) is 3.25. The number of rotatable bonds is 3. The van der Waals surface area contributed by atoms with Gasteiger partial charge in [-0.05, 0) is 43.8 Å². The first-order valence-electron chi connectivity index (χ1n) is 8.84. The highest BCUT2D eigenvalue weighted by atomic mass is 15.3. The first-order valence-corrected chi connectivity index (χ1v) is 8.84. The fourth-order valence-electron chi connectivity index (χ4n) is 3.44. The summed E-state index contributed by atoms with van der Waals surface area (Å²) >= 11 is 0. The van der Waals surface area contributed by atoms with E-state index >= 15 is 0 Å². The van der Waals surface area contributed by atoms with E-state index in [2.05, 4.69) is 58.6 Å². The number of anilines is 1. The number of hydrogen-bond acceptors (Lipinski definition) is 4. The maximum Gasteiger partial charge on any atom is 0.137 e. The maximum absolute atomic E-state index is 5.86. The Hall–Kier alpha value is -2.37. The van der Waals surface area contributed by atoms with E-state index in [9.17, 15) is 0 Å². The van der Waals surface area contributed by atoms with Crippen LogP contribution in [0.5, 0.6) is 0 Å². The lowest BCUT2D eigenvalue weighted by Crippen LogP contribution is -2.44. The molecular formula is C20H25N5. The predicted octanol–water partition coefficient (Wildman–Crippen LogP) is 2.64. The van der Waals surface area contributed by atoms with E-state index in [1.807, 2.05) is 12.1 Å². The van der Waals surface area contributed by atoms with E-state index in [-0.39, 0.29) is 0 Å². The molecule has 2 N–H and O–H groups in total. The third-order valence-electron chi connectivity index (χ3n) is 5.03. The van der Waals surface area contributed by atoms with Gasteiger partial charge in [-0.3, -0.25) is 4.90 Å². The van der Waals surface area contributed by atoms with Crippen LogP contribution < -0.4 is 5.73 Å². The lowest BCUT2D eigenvalue weighted by atomic mass is 10.1. The number of nitrogens with zero attached hydrogens (tertiary/aromatic N) is 4. The van der Waals surface area contributed by atoms with Gasteiger partial charge in [0.2, 0.25) is 0 Å². The number of imidazole rings is 1. The molecule has 3 heterocycles. The number of nitrogens with two attached hydrogens (primary N) is 1. The first kappa shape index (κ1) is 16.1. The Morgan fingerprint density at radius 3 is 2.48 bits per heavy atom. The van der Waals surface area contributed by atoms with Crippen molar-refractivity contribution in [2.75, 3.05) is 39.0 Å². The highest BCUT2D eigenvalue weighted by molar-refractivity contribution is 5.68. The number of hydrogen-bond donors (Lipinski definition) is 1. The molecule has 5 heteroatoms. The molecule has 1 fully saturated rings. The summed E-state index contributed by atoms with van der Waals surface area (Å²) in [6, 6.07) is 12.3. The molecule has 1 aliphatic rings. The molecule has 0 radical (unpaired) electrons. The van der Waals surface area contributed by atoms with Gasteiger partial charge in [0, 0.05) is 50.2 Å². The van der Waals surface area contributed by atoms with Crippen molar-refractivity contribution in [1.82, 2.24) is 19.2 Å². The number of nitrogen functional groups attached to an aromatic ring is 1. The van der Waals surface area contributed by atoms with Crippen molar-refractivity contribution < 1.29 is 0 Å². The van der Waals surface area contributed by atoms with E-state index in [0.717, 1.165) is 55.3 Å². The largest absolute Gasteiger partial charge is 0.399 e. The first-order chi connectivity index (χ1) is 12.1. The summed E-state index contributed by atoms with van der Waals surface area (Å²) in [5.41, 5.74) is 12.3. The second-order valence-corrected chi connectivity index (χ2v) is 7.04. The minimum Gasteiger partial charge on any atom is -0.399 e. The highest BCUT2D eigenvalue weighted by Crippen LogP contribution is 2.27. The average Bonchev–Trinajstić information content (AvgIpc) is 2.95. The molecule has 0 aliphatic carbocycles. The van der Waals surface area contributed by atoms with Crippen molar-refractivity contribution in [2.45, 2.75) is 13.5 Å². The van der Waals surface area contributed by atoms with E-state index in [4.69, 9.17) is 10.7 Å². The Bertz CT molecular complexity index is 873. The van der Waals surface area contributed by atoms with Crippen molar-refractivity contribution in [3.8, 4) is 11.3 Å². The van der Waals surface area contributed by atoms with Crippen LogP contribution in [0.2, 0.25) is 0 Å². The number of benzene rings is 1. The fourth-order valence-corrected chi connectivity index (χ4v) is 3.44. The van der Waals surface area contributed by atoms with Gasteiger partial charge >= 0.3 is 0 Å². The molecule has 130 valence electrons. The van der Waals surface area contributed by atoms with Crippen LogP contribution in [0.1, 0.15) is 11.3 Å². The summed E-state index contributed by atoms with van der Waals surface area (Å²) in [5.74, 6) is 0. The van der Waals surface area contributed by atoms with Crippen molar-refractivity contribution in [2.24, 2.45) is 0 Å². The summed E-state index contributed by atoms with van der Waals surface area (Å²) < 4.78 is 2.23. The second kappa shape index (κ2) is 6.50. The lowest BCUT2D eigenvalue weighted by molar-refractivity contribution is 0.147. The van der Waals surface area contributed by atoms with Crippen LogP contribution in [0.3, 0.4) is 0 Å². The molecule has 1 aromatic carbocycles. The molecule has 0 spiro atoms. The molecule has 0 saturated carbocycles. The average molecular weight is 335 g/mol. The van der Waals surface area contributed by atoms with Gasteiger partial charge in [0.1, 0.15) is 5.65 Å². The van der Waals surface area contributed by atoms with Crippen LogP contribution in [0.25, 0.3) is 16.9 Å². The van der Waals surface area contributed by atoms with E-state index < -0.39 is 0 Å². The fraction of sp³-hybridized carbons (Fsp3) is 0.350. The van der Waals surface area contributed by atoms with E-state index in [0.29, 0.717) is 0 Å². The lowest BCUT2D eigenvalue weighted by Gasteiger charge is -2.32. The topological polar surface area (TPSA) is 49.8 Å². The van der Waals surface area contributed by atoms with Crippen LogP contribution in [0.4, 0.5) is 5.69 Å². The summed E-state index contributed by atoms with van der Waals surface area (Å²) in [4.78, 5) is 9.84. The molecule has 25 heavy (non-hydrogen) atoms. The van der Waals surface area contributed by atoms with Gasteiger partial charge in [0.25, 0.3) is 0 Å². The Morgan fingerprint density at radius 2 is 1.76 bits per heavy atom. The van der Waals surface area contributed by atoms with Gasteiger partial charge in [-0.1, -0.05) is 12.1 Å². The Balaban J connectivity index is 1.76. The second-order valence-electron chi connectivity index (χ2n) is 7.04. The molecule has 4 rings (SSSR count). The smallest absolute Gasteiger partial charge is 0.137 e. The van der Waals surface area contributed by atoms with E-state index in [1.165, 1.54) is 11.3 Å². The molecule has 5 nitrogen and oxygen atoms in total. The normalized spacial score (nSPS) is 16.6. The molecule has 0 bridgehead atoms. The number of fused-ring (bicyclic) bond motifs is 1. The third-order valence-corrected chi connectivity index (χ3v) is 5.03. The maximum atomic E-state index is 5.86. The highest BCUT2D eigenvalue weighted by Gasteiger charge is 2.20. The van der Waals surface area contributed by atoms with Crippen LogP contribution in [0, 0.1) is 6.92 Å². The van der Waals surface area contributed by atoms with Crippen LogP contribution in [-0.2, 0) is 6.54 Å². The van der Waals surface area contributed by atoms with Gasteiger partial charge in [-0.25, -0.2) is 4.98 Å². The minimum absolute atomic E-state index is 0.781. The van der Waals surface area contributed by atoms with Crippen LogP contribution in [-0.4, -0.2) is 52.4 Å². The van der Waals surface area contributed by atoms with Crippen molar-refractivity contribution in [3.63, 3.8) is 0 Å². The SMILES string of the molecule is Cc1ccn2c(CN3CCN(C)CC3)c(-c3ccc(N)cc3)nc2c1. The summed E-state index contributed by atoms with van der Waals surface area (Å²) in [6.45, 7) is 7.45. The number of aryl methyl sites for hydroxylation is 1. The molecule has 3 aromatic rings. The molecule has 1 aliphatic heterocycles. The van der Waals surface area contributed by atoms with Gasteiger partial charge in [0.15, 0.2) is 0 Å². The molecule has 0 atom stereocenters.